The fourth-order valence-electron chi connectivity index (χ4n) is 3.30. The smallest absolute Gasteiger partial charge is 0.329 e. The number of anilines is 1. The van der Waals surface area contributed by atoms with Gasteiger partial charge >= 0.3 is 5.97 Å². The van der Waals surface area contributed by atoms with Crippen LogP contribution in [0, 0.1) is 17.7 Å². The maximum atomic E-state index is 13.2. The van der Waals surface area contributed by atoms with Gasteiger partial charge in [-0.3, -0.25) is 0 Å². The number of benzene rings is 1. The van der Waals surface area contributed by atoms with Gasteiger partial charge in [-0.25, -0.2) is 9.18 Å². The van der Waals surface area contributed by atoms with Crippen molar-refractivity contribution in [3.05, 3.63) is 30.1 Å². The summed E-state index contributed by atoms with van der Waals surface area (Å²) in [6, 6.07) is 5.99. The van der Waals surface area contributed by atoms with E-state index in [0.717, 1.165) is 6.42 Å². The average molecular weight is 265 g/mol. The monoisotopic (exact) mass is 265 g/mol. The summed E-state index contributed by atoms with van der Waals surface area (Å²) in [4.78, 5) is 11.7. The number of hydrogen-bond acceptors (Lipinski definition) is 2. The molecule has 0 aromatic heterocycles. The fraction of sp³-hybridized carbons (Fsp3) is 0.533. The zero-order valence-electron chi connectivity index (χ0n) is 11.3. The number of nitrogens with one attached hydrogen (secondary N) is 1. The van der Waals surface area contributed by atoms with Gasteiger partial charge in [0, 0.05) is 5.69 Å². The number of hydrogen-bond donors (Lipinski definition) is 2. The summed E-state index contributed by atoms with van der Waals surface area (Å²) < 4.78 is 13.2. The largest absolute Gasteiger partial charge is 0.480 e. The molecule has 0 bridgehead atoms. The lowest BCUT2D eigenvalue weighted by atomic mass is 9.71. The molecule has 1 saturated carbocycles. The number of halogens is 1. The van der Waals surface area contributed by atoms with Gasteiger partial charge in [-0.15, -0.1) is 0 Å². The Kier molecular flexibility index (Phi) is 3.78. The van der Waals surface area contributed by atoms with Gasteiger partial charge in [0.25, 0.3) is 0 Å². The Morgan fingerprint density at radius 3 is 2.53 bits per heavy atom. The fourth-order valence-corrected chi connectivity index (χ4v) is 3.30. The van der Waals surface area contributed by atoms with E-state index in [9.17, 15) is 14.3 Å². The molecule has 0 aliphatic heterocycles. The lowest BCUT2D eigenvalue weighted by Gasteiger charge is -2.40. The summed E-state index contributed by atoms with van der Waals surface area (Å²) in [6.07, 6.45) is 2.19. The van der Waals surface area contributed by atoms with Crippen LogP contribution in [0.15, 0.2) is 24.3 Å². The van der Waals surface area contributed by atoms with Crippen molar-refractivity contribution in [3.8, 4) is 0 Å². The van der Waals surface area contributed by atoms with E-state index in [1.54, 1.807) is 12.1 Å². The Bertz CT molecular complexity index is 465. The maximum Gasteiger partial charge on any atom is 0.329 e. The molecule has 2 N–H and O–H groups in total. The van der Waals surface area contributed by atoms with Crippen molar-refractivity contribution in [2.75, 3.05) is 5.32 Å². The van der Waals surface area contributed by atoms with Crippen LogP contribution in [0.3, 0.4) is 0 Å². The Balaban J connectivity index is 2.27. The van der Waals surface area contributed by atoms with Crippen molar-refractivity contribution in [3.63, 3.8) is 0 Å². The van der Waals surface area contributed by atoms with Crippen LogP contribution in [-0.4, -0.2) is 16.6 Å². The Morgan fingerprint density at radius 2 is 2.00 bits per heavy atom. The third-order valence-corrected chi connectivity index (χ3v) is 3.82. The van der Waals surface area contributed by atoms with E-state index in [1.807, 2.05) is 0 Å². The molecule has 1 aliphatic rings. The first-order chi connectivity index (χ1) is 8.91. The van der Waals surface area contributed by atoms with Crippen LogP contribution in [0.25, 0.3) is 0 Å². The van der Waals surface area contributed by atoms with E-state index in [-0.39, 0.29) is 5.82 Å². The van der Waals surface area contributed by atoms with E-state index in [4.69, 9.17) is 0 Å². The molecule has 1 aliphatic carbocycles. The van der Waals surface area contributed by atoms with Crippen LogP contribution < -0.4 is 5.32 Å². The minimum absolute atomic E-state index is 0.348. The number of aliphatic carboxylic acids is 1. The minimum atomic E-state index is -0.981. The van der Waals surface area contributed by atoms with Crippen LogP contribution >= 0.6 is 0 Å². The highest BCUT2D eigenvalue weighted by atomic mass is 19.1. The van der Waals surface area contributed by atoms with E-state index in [2.05, 4.69) is 19.2 Å². The number of carboxylic acids is 1. The van der Waals surface area contributed by atoms with Crippen molar-refractivity contribution in [2.45, 2.75) is 38.6 Å². The topological polar surface area (TPSA) is 49.3 Å². The molecule has 0 spiro atoms. The van der Waals surface area contributed by atoms with Crippen molar-refractivity contribution in [2.24, 2.45) is 11.8 Å². The molecule has 2 atom stereocenters. The van der Waals surface area contributed by atoms with Gasteiger partial charge in [0.1, 0.15) is 11.4 Å². The highest BCUT2D eigenvalue weighted by Crippen LogP contribution is 2.38. The first kappa shape index (κ1) is 13.8. The normalized spacial score (nSPS) is 30.9. The second kappa shape index (κ2) is 5.19. The highest BCUT2D eigenvalue weighted by Gasteiger charge is 2.44. The summed E-state index contributed by atoms with van der Waals surface area (Å²) in [7, 11) is 0. The molecule has 2 rings (SSSR count). The molecule has 2 unspecified atom stereocenters. The molecule has 1 aromatic rings. The summed E-state index contributed by atoms with van der Waals surface area (Å²) in [6.45, 7) is 4.14. The average Bonchev–Trinajstić information content (AvgIpc) is 2.27. The van der Waals surface area contributed by atoms with Crippen LogP contribution in [0.5, 0.6) is 0 Å². The molecule has 0 saturated heterocycles. The minimum Gasteiger partial charge on any atom is -0.480 e. The zero-order valence-corrected chi connectivity index (χ0v) is 11.3. The summed E-state index contributed by atoms with van der Waals surface area (Å²) in [5.41, 5.74) is -0.450. The van der Waals surface area contributed by atoms with E-state index < -0.39 is 11.5 Å². The number of carbonyl (C=O) groups is 1. The molecule has 19 heavy (non-hydrogen) atoms. The quantitative estimate of drug-likeness (QED) is 0.879. The van der Waals surface area contributed by atoms with E-state index >= 15 is 0 Å². The third kappa shape index (κ3) is 3.06. The molecule has 4 heteroatoms. The van der Waals surface area contributed by atoms with Crippen molar-refractivity contribution >= 4 is 11.7 Å². The van der Waals surface area contributed by atoms with Crippen molar-refractivity contribution < 1.29 is 14.3 Å². The molecular weight excluding hydrogens is 245 g/mol. The zero-order chi connectivity index (χ0) is 14.0. The van der Waals surface area contributed by atoms with Crippen molar-refractivity contribution in [1.82, 2.24) is 0 Å². The van der Waals surface area contributed by atoms with Crippen molar-refractivity contribution in [1.29, 1.82) is 0 Å². The second-order valence-corrected chi connectivity index (χ2v) is 5.88. The predicted octanol–water partition coefficient (Wildman–Crippen LogP) is 3.52. The van der Waals surface area contributed by atoms with Crippen LogP contribution in [-0.2, 0) is 4.79 Å². The first-order valence-electron chi connectivity index (χ1n) is 6.68. The maximum absolute atomic E-state index is 13.2. The molecule has 0 radical (unpaired) electrons. The van der Waals surface area contributed by atoms with E-state index in [0.29, 0.717) is 30.4 Å². The summed E-state index contributed by atoms with van der Waals surface area (Å²) in [5.74, 6) is -0.514. The molecule has 0 amide bonds. The Morgan fingerprint density at radius 1 is 1.37 bits per heavy atom. The van der Waals surface area contributed by atoms with E-state index in [1.165, 1.54) is 12.1 Å². The standard InChI is InChI=1S/C15H20FNO2/c1-10-6-11(2)9-15(8-10,14(18)19)17-13-5-3-4-12(16)7-13/h3-5,7,10-11,17H,6,8-9H2,1-2H3,(H,18,19). The molecule has 104 valence electrons. The molecule has 3 nitrogen and oxygen atoms in total. The van der Waals surface area contributed by atoms with Gasteiger partial charge < -0.3 is 10.4 Å². The number of carboxylic acid groups (broad SMARTS) is 1. The lowest BCUT2D eigenvalue weighted by Crippen LogP contribution is -2.51. The SMILES string of the molecule is CC1CC(C)CC(Nc2cccc(F)c2)(C(=O)O)C1. The second-order valence-electron chi connectivity index (χ2n) is 5.88. The Hall–Kier alpha value is -1.58. The van der Waals surface area contributed by atoms with Crippen LogP contribution in [0.4, 0.5) is 10.1 Å². The first-order valence-corrected chi connectivity index (χ1v) is 6.68. The van der Waals surface area contributed by atoms with Gasteiger partial charge in [0.15, 0.2) is 0 Å². The van der Waals surface area contributed by atoms with Gasteiger partial charge in [-0.05, 0) is 49.3 Å². The predicted molar refractivity (Wildman–Crippen MR) is 72.6 cm³/mol. The molecule has 1 fully saturated rings. The molecular formula is C15H20FNO2. The molecule has 1 aromatic carbocycles. The third-order valence-electron chi connectivity index (χ3n) is 3.82. The summed E-state index contributed by atoms with van der Waals surface area (Å²) >= 11 is 0. The van der Waals surface area contributed by atoms with Gasteiger partial charge in [0.05, 0.1) is 0 Å². The van der Waals surface area contributed by atoms with Gasteiger partial charge in [-0.2, -0.15) is 0 Å². The number of rotatable bonds is 3. The lowest BCUT2D eigenvalue weighted by molar-refractivity contribution is -0.144. The van der Waals surface area contributed by atoms with Gasteiger partial charge in [-0.1, -0.05) is 19.9 Å². The highest BCUT2D eigenvalue weighted by molar-refractivity contribution is 5.83. The Labute approximate surface area is 112 Å². The van der Waals surface area contributed by atoms with Crippen LogP contribution in [0.2, 0.25) is 0 Å². The summed E-state index contributed by atoms with van der Waals surface area (Å²) in [5, 5.41) is 12.7. The van der Waals surface area contributed by atoms with Crippen LogP contribution in [0.1, 0.15) is 33.1 Å². The molecule has 0 heterocycles. The van der Waals surface area contributed by atoms with Gasteiger partial charge in [0.2, 0.25) is 0 Å².